The van der Waals surface area contributed by atoms with Crippen molar-refractivity contribution in [3.63, 3.8) is 0 Å². The van der Waals surface area contributed by atoms with Crippen LogP contribution in [0.15, 0.2) is 121 Å². The topological polar surface area (TPSA) is 134 Å². The lowest BCUT2D eigenvalue weighted by Crippen LogP contribution is -2.52. The number of aliphatic hydroxyl groups is 1. The SMILES string of the molecule is COc1ccc([Si](C)(C)[C@@H]2[C@@H](CC(=O)N3Cc4ccccc4C[C@H]3CO)O[C@]3(C(=O)N(c4ccccc4)c4ccc(NC(=O)c5ccc(N)cc5)cc43)[C@H]2C)cc1. The van der Waals surface area contributed by atoms with Gasteiger partial charge in [-0.15, -0.1) is 0 Å². The molecule has 1 saturated heterocycles. The van der Waals surface area contributed by atoms with Crippen LogP contribution in [0.5, 0.6) is 5.75 Å². The quantitative estimate of drug-likeness (QED) is 0.111. The Labute approximate surface area is 334 Å². The molecular weight excluding hydrogens is 733 g/mol. The highest BCUT2D eigenvalue weighted by molar-refractivity contribution is 6.91. The number of methoxy groups -OCH3 is 1. The van der Waals surface area contributed by atoms with Gasteiger partial charge in [-0.1, -0.05) is 79.8 Å². The summed E-state index contributed by atoms with van der Waals surface area (Å²) >= 11 is 0. The first-order chi connectivity index (χ1) is 27.5. The number of amides is 3. The fourth-order valence-electron chi connectivity index (χ4n) is 9.52. The minimum Gasteiger partial charge on any atom is -0.497 e. The van der Waals surface area contributed by atoms with E-state index in [2.05, 4.69) is 43.5 Å². The second-order valence-corrected chi connectivity index (χ2v) is 20.7. The van der Waals surface area contributed by atoms with Crippen molar-refractivity contribution >= 4 is 53.7 Å². The number of fused-ring (bicyclic) bond motifs is 3. The highest BCUT2D eigenvalue weighted by atomic mass is 28.3. The standard InChI is InChI=1S/C46H48N4O6Si/c1-29-43(57(3,4)38-21-19-37(55-2)20-22-38)41(26-42(52)49-27-32-11-9-8-10-31(32)24-36(49)28-51)56-46(29)39-25-34(48-44(53)30-14-16-33(47)17-15-30)18-23-40(39)50(45(46)54)35-12-6-5-7-13-35/h5-23,25,29,36,41,43,51H,24,26-28,47H2,1-4H3,(H,48,53)/t29-,36-,41+,43-,46+/m0/s1. The molecule has 0 radical (unpaired) electrons. The zero-order valence-corrected chi connectivity index (χ0v) is 33.6. The molecule has 3 amide bonds. The smallest absolute Gasteiger partial charge is 0.268 e. The van der Waals surface area contributed by atoms with Crippen molar-refractivity contribution in [3.8, 4) is 5.75 Å². The number of nitrogen functional groups attached to an aromatic ring is 1. The van der Waals surface area contributed by atoms with Crippen molar-refractivity contribution in [2.24, 2.45) is 5.92 Å². The highest BCUT2D eigenvalue weighted by Crippen LogP contribution is 2.61. The molecule has 0 saturated carbocycles. The Morgan fingerprint density at radius 3 is 2.30 bits per heavy atom. The minimum absolute atomic E-state index is 0.0313. The lowest BCUT2D eigenvalue weighted by atomic mass is 9.82. The van der Waals surface area contributed by atoms with Crippen molar-refractivity contribution in [1.29, 1.82) is 0 Å². The van der Waals surface area contributed by atoms with Gasteiger partial charge < -0.3 is 30.5 Å². The molecule has 0 aliphatic carbocycles. The number of anilines is 4. The number of nitrogens with one attached hydrogen (secondary N) is 1. The van der Waals surface area contributed by atoms with Gasteiger partial charge >= 0.3 is 0 Å². The van der Waals surface area contributed by atoms with Crippen molar-refractivity contribution < 1.29 is 29.0 Å². The number of benzene rings is 5. The molecule has 5 atom stereocenters. The minimum atomic E-state index is -2.59. The van der Waals surface area contributed by atoms with Crippen molar-refractivity contribution in [2.75, 3.05) is 29.7 Å². The van der Waals surface area contributed by atoms with Gasteiger partial charge in [0.1, 0.15) is 5.75 Å². The highest BCUT2D eigenvalue weighted by Gasteiger charge is 2.67. The number of carbonyl (C=O) groups is 3. The first kappa shape index (κ1) is 38.1. The number of rotatable bonds is 9. The number of para-hydroxylation sites is 1. The van der Waals surface area contributed by atoms with Gasteiger partial charge in [0.15, 0.2) is 5.60 Å². The summed E-state index contributed by atoms with van der Waals surface area (Å²) in [5.41, 5.74) is 9.87. The van der Waals surface area contributed by atoms with E-state index in [9.17, 15) is 14.7 Å². The van der Waals surface area contributed by atoms with Crippen LogP contribution in [-0.2, 0) is 32.9 Å². The molecule has 3 aliphatic heterocycles. The molecule has 292 valence electrons. The molecule has 57 heavy (non-hydrogen) atoms. The normalized spacial score (nSPS) is 22.6. The van der Waals surface area contributed by atoms with Gasteiger partial charge in [0, 0.05) is 40.7 Å². The number of hydrogen-bond acceptors (Lipinski definition) is 7. The maximum Gasteiger partial charge on any atom is 0.268 e. The summed E-state index contributed by atoms with van der Waals surface area (Å²) in [4.78, 5) is 47.0. The van der Waals surface area contributed by atoms with E-state index in [1.165, 1.54) is 0 Å². The van der Waals surface area contributed by atoms with Crippen LogP contribution in [0, 0.1) is 5.92 Å². The molecule has 3 aliphatic rings. The summed E-state index contributed by atoms with van der Waals surface area (Å²) in [5, 5.41) is 14.7. The summed E-state index contributed by atoms with van der Waals surface area (Å²) in [6, 6.07) is 37.5. The zero-order valence-electron chi connectivity index (χ0n) is 32.6. The Morgan fingerprint density at radius 1 is 0.930 bits per heavy atom. The van der Waals surface area contributed by atoms with E-state index in [0.29, 0.717) is 46.8 Å². The maximum atomic E-state index is 15.4. The fraction of sp³-hybridized carbons (Fsp3) is 0.283. The van der Waals surface area contributed by atoms with E-state index in [1.807, 2.05) is 72.8 Å². The summed E-state index contributed by atoms with van der Waals surface area (Å²) in [6.07, 6.45) is -0.0557. The van der Waals surface area contributed by atoms with Crippen molar-refractivity contribution in [2.45, 2.75) is 62.7 Å². The van der Waals surface area contributed by atoms with Crippen LogP contribution in [0.1, 0.15) is 40.4 Å². The average Bonchev–Trinajstić information content (AvgIpc) is 3.66. The third-order valence-electron chi connectivity index (χ3n) is 12.5. The van der Waals surface area contributed by atoms with Gasteiger partial charge in [0.25, 0.3) is 11.8 Å². The Hall–Kier alpha value is -5.75. The number of aliphatic hydroxyl groups excluding tert-OH is 1. The second kappa shape index (κ2) is 15.0. The third kappa shape index (κ3) is 6.59. The maximum absolute atomic E-state index is 15.4. The largest absolute Gasteiger partial charge is 0.497 e. The molecule has 3 heterocycles. The zero-order chi connectivity index (χ0) is 40.1. The van der Waals surface area contributed by atoms with Gasteiger partial charge in [-0.25, -0.2) is 0 Å². The molecule has 11 heteroatoms. The number of nitrogens with two attached hydrogens (primary N) is 1. The van der Waals surface area contributed by atoms with E-state index < -0.39 is 25.7 Å². The Kier molecular flexibility index (Phi) is 10.0. The molecule has 0 bridgehead atoms. The van der Waals surface area contributed by atoms with Crippen LogP contribution in [-0.4, -0.2) is 61.7 Å². The molecule has 5 aromatic carbocycles. The number of hydrogen-bond donors (Lipinski definition) is 3. The van der Waals surface area contributed by atoms with Gasteiger partial charge in [-0.3, -0.25) is 19.3 Å². The average molecular weight is 781 g/mol. The third-order valence-corrected chi connectivity index (χ3v) is 16.8. The summed E-state index contributed by atoms with van der Waals surface area (Å²) < 4.78 is 12.8. The van der Waals surface area contributed by atoms with Crippen LogP contribution in [0.25, 0.3) is 0 Å². The number of carbonyl (C=O) groups excluding carboxylic acids is 3. The van der Waals surface area contributed by atoms with E-state index in [0.717, 1.165) is 22.1 Å². The molecule has 1 spiro atoms. The molecule has 5 aromatic rings. The van der Waals surface area contributed by atoms with Crippen LogP contribution in [0.3, 0.4) is 0 Å². The molecule has 10 nitrogen and oxygen atoms in total. The molecule has 0 aromatic heterocycles. The summed E-state index contributed by atoms with van der Waals surface area (Å²) in [6.45, 7) is 6.86. The first-order valence-corrected chi connectivity index (χ1v) is 22.5. The first-order valence-electron chi connectivity index (χ1n) is 19.5. The van der Waals surface area contributed by atoms with Gasteiger partial charge in [-0.05, 0) is 89.8 Å². The Balaban J connectivity index is 1.23. The number of nitrogens with zero attached hydrogens (tertiary/aromatic N) is 2. The lowest BCUT2D eigenvalue weighted by Gasteiger charge is -2.39. The predicted octanol–water partition coefficient (Wildman–Crippen LogP) is 6.76. The van der Waals surface area contributed by atoms with Crippen molar-refractivity contribution in [3.05, 3.63) is 144 Å². The van der Waals surface area contributed by atoms with Crippen molar-refractivity contribution in [1.82, 2.24) is 4.90 Å². The molecule has 0 unspecified atom stereocenters. The van der Waals surface area contributed by atoms with Gasteiger partial charge in [0.05, 0.1) is 46.0 Å². The van der Waals surface area contributed by atoms with Crippen LogP contribution in [0.2, 0.25) is 18.6 Å². The summed E-state index contributed by atoms with van der Waals surface area (Å²) in [7, 11) is -0.952. The van der Waals surface area contributed by atoms with E-state index in [4.69, 9.17) is 15.2 Å². The van der Waals surface area contributed by atoms with Crippen LogP contribution >= 0.6 is 0 Å². The molecule has 1 fully saturated rings. The monoisotopic (exact) mass is 780 g/mol. The van der Waals surface area contributed by atoms with Crippen LogP contribution < -0.4 is 25.9 Å². The Morgan fingerprint density at radius 2 is 1.61 bits per heavy atom. The second-order valence-electron chi connectivity index (χ2n) is 16.0. The van der Waals surface area contributed by atoms with E-state index in [1.54, 1.807) is 47.2 Å². The van der Waals surface area contributed by atoms with Crippen LogP contribution in [0.4, 0.5) is 22.7 Å². The lowest BCUT2D eigenvalue weighted by molar-refractivity contribution is -0.150. The number of ether oxygens (including phenoxy) is 2. The van der Waals surface area contributed by atoms with Gasteiger partial charge in [0.2, 0.25) is 5.91 Å². The van der Waals surface area contributed by atoms with Gasteiger partial charge in [-0.2, -0.15) is 0 Å². The molecule has 4 N–H and O–H groups in total. The molecular formula is C46H48N4O6Si. The predicted molar refractivity (Wildman–Crippen MR) is 225 cm³/mol. The van der Waals surface area contributed by atoms with E-state index >= 15 is 4.79 Å². The molecule has 8 rings (SSSR count). The van der Waals surface area contributed by atoms with E-state index in [-0.39, 0.29) is 42.3 Å². The summed E-state index contributed by atoms with van der Waals surface area (Å²) in [5.74, 6) is -0.326. The Bertz CT molecular complexity index is 2320. The fourth-order valence-corrected chi connectivity index (χ4v) is 13.5.